The smallest absolute Gasteiger partial charge is 0.243 e. The maximum Gasteiger partial charge on any atom is 0.243 e. The molecular formula is C25H30Cl2N2O2S. The molecule has 7 heteroatoms. The summed E-state index contributed by atoms with van der Waals surface area (Å²) in [7, 11) is 0. The van der Waals surface area contributed by atoms with Crippen LogP contribution in [-0.2, 0) is 21.9 Å². The molecule has 32 heavy (non-hydrogen) atoms. The topological polar surface area (TPSA) is 49.4 Å². The van der Waals surface area contributed by atoms with Crippen molar-refractivity contribution in [1.29, 1.82) is 0 Å². The fourth-order valence-electron chi connectivity index (χ4n) is 4.04. The lowest BCUT2D eigenvalue weighted by Gasteiger charge is -2.31. The van der Waals surface area contributed by atoms with E-state index in [-0.39, 0.29) is 23.6 Å². The normalized spacial score (nSPS) is 14.8. The summed E-state index contributed by atoms with van der Waals surface area (Å²) in [6.45, 7) is 2.25. The van der Waals surface area contributed by atoms with Gasteiger partial charge in [0.15, 0.2) is 0 Å². The molecule has 3 rings (SSSR count). The van der Waals surface area contributed by atoms with Crippen LogP contribution in [0.3, 0.4) is 0 Å². The third-order valence-electron chi connectivity index (χ3n) is 5.83. The van der Waals surface area contributed by atoms with Gasteiger partial charge in [-0.3, -0.25) is 9.59 Å². The van der Waals surface area contributed by atoms with Gasteiger partial charge in [-0.2, -0.15) is 0 Å². The molecule has 0 heterocycles. The molecule has 4 nitrogen and oxygen atoms in total. The maximum absolute atomic E-state index is 13.3. The first-order chi connectivity index (χ1) is 15.5. The number of hydrogen-bond donors (Lipinski definition) is 1. The molecule has 0 radical (unpaired) electrons. The highest BCUT2D eigenvalue weighted by molar-refractivity contribution is 7.99. The van der Waals surface area contributed by atoms with Crippen molar-refractivity contribution in [3.8, 4) is 0 Å². The number of carbonyl (C=O) groups excluding carboxylic acids is 2. The Bertz CT molecular complexity index is 918. The molecule has 0 bridgehead atoms. The lowest BCUT2D eigenvalue weighted by Crippen LogP contribution is -2.51. The Morgan fingerprint density at radius 3 is 2.22 bits per heavy atom. The van der Waals surface area contributed by atoms with Gasteiger partial charge in [-0.25, -0.2) is 0 Å². The molecule has 1 fully saturated rings. The Kier molecular flexibility index (Phi) is 9.76. The number of rotatable bonds is 10. The monoisotopic (exact) mass is 492 g/mol. The quantitative estimate of drug-likeness (QED) is 0.436. The van der Waals surface area contributed by atoms with Gasteiger partial charge in [0.25, 0.3) is 0 Å². The Labute approximate surface area is 205 Å². The molecule has 0 saturated heterocycles. The van der Waals surface area contributed by atoms with Crippen molar-refractivity contribution in [2.45, 2.75) is 63.4 Å². The molecule has 172 valence electrons. The summed E-state index contributed by atoms with van der Waals surface area (Å²) < 4.78 is 0. The van der Waals surface area contributed by atoms with Crippen molar-refractivity contribution < 1.29 is 9.59 Å². The van der Waals surface area contributed by atoms with Gasteiger partial charge in [-0.1, -0.05) is 79.4 Å². The van der Waals surface area contributed by atoms with E-state index in [1.54, 1.807) is 4.90 Å². The van der Waals surface area contributed by atoms with Crippen LogP contribution < -0.4 is 5.32 Å². The number of carbonyl (C=O) groups is 2. The first kappa shape index (κ1) is 24.9. The van der Waals surface area contributed by atoms with Crippen molar-refractivity contribution in [2.75, 3.05) is 5.75 Å². The second kappa shape index (κ2) is 12.5. The van der Waals surface area contributed by atoms with Gasteiger partial charge in [-0.15, -0.1) is 11.8 Å². The van der Waals surface area contributed by atoms with E-state index in [4.69, 9.17) is 23.2 Å². The predicted octanol–water partition coefficient (Wildman–Crippen LogP) is 6.09. The molecule has 0 aliphatic heterocycles. The first-order valence-electron chi connectivity index (χ1n) is 11.1. The van der Waals surface area contributed by atoms with Gasteiger partial charge in [0.1, 0.15) is 6.04 Å². The average molecular weight is 494 g/mol. The van der Waals surface area contributed by atoms with Gasteiger partial charge < -0.3 is 10.2 Å². The fourth-order valence-corrected chi connectivity index (χ4v) is 5.44. The number of nitrogens with zero attached hydrogens (tertiary/aromatic N) is 1. The van der Waals surface area contributed by atoms with E-state index < -0.39 is 6.04 Å². The molecule has 1 aliphatic rings. The minimum absolute atomic E-state index is 0.0732. The van der Waals surface area contributed by atoms with Crippen molar-refractivity contribution in [3.05, 3.63) is 69.7 Å². The van der Waals surface area contributed by atoms with Crippen molar-refractivity contribution in [1.82, 2.24) is 10.2 Å². The average Bonchev–Trinajstić information content (AvgIpc) is 3.29. The summed E-state index contributed by atoms with van der Waals surface area (Å²) >= 11 is 14.1. The number of benzene rings is 2. The number of halogens is 2. The molecule has 1 aliphatic carbocycles. The van der Waals surface area contributed by atoms with Crippen LogP contribution in [0.25, 0.3) is 0 Å². The largest absolute Gasteiger partial charge is 0.352 e. The molecule has 0 spiro atoms. The maximum atomic E-state index is 13.3. The molecule has 2 aromatic carbocycles. The minimum Gasteiger partial charge on any atom is -0.352 e. The predicted molar refractivity (Wildman–Crippen MR) is 134 cm³/mol. The van der Waals surface area contributed by atoms with E-state index in [1.807, 2.05) is 55.5 Å². The molecule has 1 saturated carbocycles. The van der Waals surface area contributed by atoms with E-state index in [0.29, 0.717) is 28.8 Å². The summed E-state index contributed by atoms with van der Waals surface area (Å²) in [5, 5.41) is 4.46. The van der Waals surface area contributed by atoms with Crippen LogP contribution in [-0.4, -0.2) is 34.6 Å². The van der Waals surface area contributed by atoms with Gasteiger partial charge >= 0.3 is 0 Å². The zero-order valence-corrected chi connectivity index (χ0v) is 20.7. The third kappa shape index (κ3) is 6.90. The van der Waals surface area contributed by atoms with Crippen LogP contribution in [0.4, 0.5) is 0 Å². The summed E-state index contributed by atoms with van der Waals surface area (Å²) in [6.07, 6.45) is 4.85. The van der Waals surface area contributed by atoms with E-state index in [0.717, 1.165) is 36.8 Å². The Balaban J connectivity index is 1.72. The first-order valence-corrected chi connectivity index (χ1v) is 13.0. The molecule has 1 N–H and O–H groups in total. The summed E-state index contributed by atoms with van der Waals surface area (Å²) in [6, 6.07) is 14.8. The van der Waals surface area contributed by atoms with E-state index >= 15 is 0 Å². The van der Waals surface area contributed by atoms with Crippen molar-refractivity contribution >= 4 is 46.8 Å². The number of thioether (sulfide) groups is 1. The van der Waals surface area contributed by atoms with Gasteiger partial charge in [0.2, 0.25) is 11.8 Å². The van der Waals surface area contributed by atoms with Crippen LogP contribution in [0.2, 0.25) is 10.0 Å². The zero-order valence-electron chi connectivity index (χ0n) is 18.4. The molecule has 0 unspecified atom stereocenters. The number of nitrogens with one attached hydrogen (secondary N) is 1. The molecule has 2 amide bonds. The highest BCUT2D eigenvalue weighted by Crippen LogP contribution is 2.24. The number of hydrogen-bond acceptors (Lipinski definition) is 3. The minimum atomic E-state index is -0.528. The van der Waals surface area contributed by atoms with Gasteiger partial charge in [0.05, 0.1) is 5.75 Å². The van der Waals surface area contributed by atoms with Crippen LogP contribution in [0.1, 0.15) is 50.2 Å². The zero-order chi connectivity index (χ0) is 22.9. The molecule has 1 atom stereocenters. The van der Waals surface area contributed by atoms with Crippen molar-refractivity contribution in [2.24, 2.45) is 0 Å². The van der Waals surface area contributed by atoms with Crippen molar-refractivity contribution in [3.63, 3.8) is 0 Å². The van der Waals surface area contributed by atoms with Crippen LogP contribution in [0.5, 0.6) is 0 Å². The van der Waals surface area contributed by atoms with Crippen LogP contribution >= 0.6 is 35.0 Å². The van der Waals surface area contributed by atoms with E-state index in [9.17, 15) is 9.59 Å². The molecular weight excluding hydrogens is 463 g/mol. The summed E-state index contributed by atoms with van der Waals surface area (Å²) in [5.74, 6) is 0.755. The lowest BCUT2D eigenvalue weighted by molar-refractivity contribution is -0.139. The van der Waals surface area contributed by atoms with Crippen LogP contribution in [0.15, 0.2) is 48.5 Å². The van der Waals surface area contributed by atoms with E-state index in [1.165, 1.54) is 11.8 Å². The van der Waals surface area contributed by atoms with Crippen LogP contribution in [0, 0.1) is 0 Å². The lowest BCUT2D eigenvalue weighted by atomic mass is 10.1. The Morgan fingerprint density at radius 2 is 1.62 bits per heavy atom. The summed E-state index contributed by atoms with van der Waals surface area (Å²) in [5.41, 5.74) is 1.83. The summed E-state index contributed by atoms with van der Waals surface area (Å²) in [4.78, 5) is 28.1. The van der Waals surface area contributed by atoms with Gasteiger partial charge in [0, 0.05) is 28.4 Å². The molecule has 2 aromatic rings. The Morgan fingerprint density at radius 1 is 1.03 bits per heavy atom. The highest BCUT2D eigenvalue weighted by Gasteiger charge is 2.30. The Hall–Kier alpha value is -1.69. The second-order valence-electron chi connectivity index (χ2n) is 8.11. The fraction of sp³-hybridized carbons (Fsp3) is 0.440. The SMILES string of the molecule is CC[C@H](C(=O)NC1CCCC1)N(Cc1ccccc1Cl)C(=O)CSCc1ccccc1Cl. The molecule has 0 aromatic heterocycles. The van der Waals surface area contributed by atoms with Gasteiger partial charge in [-0.05, 0) is 42.5 Å². The third-order valence-corrected chi connectivity index (χ3v) is 7.53. The highest BCUT2D eigenvalue weighted by atomic mass is 35.5. The number of amides is 2. The standard InChI is InChI=1S/C25H30Cl2N2O2S/c1-2-23(25(31)28-20-11-5-6-12-20)29(15-18-9-3-7-13-21(18)26)24(30)17-32-16-19-10-4-8-14-22(19)27/h3-4,7-10,13-14,20,23H,2,5-6,11-12,15-17H2,1H3,(H,28,31)/t23-/m1/s1. The van der Waals surface area contributed by atoms with E-state index in [2.05, 4.69) is 5.32 Å². The second-order valence-corrected chi connectivity index (χ2v) is 9.91.